The van der Waals surface area contributed by atoms with E-state index >= 15 is 0 Å². The zero-order valence-electron chi connectivity index (χ0n) is 13.0. The van der Waals surface area contributed by atoms with Gasteiger partial charge in [-0.1, -0.05) is 18.5 Å². The maximum atomic E-state index is 12.4. The van der Waals surface area contributed by atoms with Crippen molar-refractivity contribution in [3.05, 3.63) is 28.3 Å². The average Bonchev–Trinajstić information content (AvgIpc) is 2.42. The van der Waals surface area contributed by atoms with Gasteiger partial charge in [0.05, 0.1) is 4.90 Å². The Labute approximate surface area is 132 Å². The van der Waals surface area contributed by atoms with Crippen LogP contribution in [-0.4, -0.2) is 47.0 Å². The predicted octanol–water partition coefficient (Wildman–Crippen LogP) is 1.60. The molecule has 0 saturated carbocycles. The Hall–Kier alpha value is -0.660. The molecule has 0 unspecified atom stereocenters. The number of likely N-dealkylation sites (N-methyl/N-ethyl adjacent to an activating group) is 1. The van der Waals surface area contributed by atoms with E-state index < -0.39 is 10.0 Å². The number of hydrogen-bond acceptors (Lipinski definition) is 4. The molecule has 0 amide bonds. The minimum absolute atomic E-state index is 0.249. The zero-order valence-corrected chi connectivity index (χ0v) is 14.6. The molecule has 0 bridgehead atoms. The van der Waals surface area contributed by atoms with Gasteiger partial charge >= 0.3 is 0 Å². The smallest absolute Gasteiger partial charge is 0.240 e. The first kappa shape index (κ1) is 18.4. The number of nitrogens with one attached hydrogen (secondary N) is 2. The van der Waals surface area contributed by atoms with E-state index in [-0.39, 0.29) is 4.90 Å². The molecule has 7 heteroatoms. The molecule has 0 aromatic heterocycles. The normalized spacial score (nSPS) is 12.1. The third-order valence-corrected chi connectivity index (χ3v) is 5.22. The monoisotopic (exact) mass is 333 g/mol. The molecule has 0 radical (unpaired) electrons. The van der Waals surface area contributed by atoms with E-state index in [0.717, 1.165) is 17.7 Å². The second-order valence-corrected chi connectivity index (χ2v) is 7.18. The predicted molar refractivity (Wildman–Crippen MR) is 87.3 cm³/mol. The van der Waals surface area contributed by atoms with Gasteiger partial charge in [-0.2, -0.15) is 0 Å². The second kappa shape index (κ2) is 8.10. The molecule has 0 atom stereocenters. The summed E-state index contributed by atoms with van der Waals surface area (Å²) >= 11 is 6.04. The first-order valence-electron chi connectivity index (χ1n) is 6.93. The summed E-state index contributed by atoms with van der Waals surface area (Å²) in [5.74, 6) is 0. The Kier molecular flexibility index (Phi) is 7.09. The summed E-state index contributed by atoms with van der Waals surface area (Å²) in [5.41, 5.74) is 1.61. The summed E-state index contributed by atoms with van der Waals surface area (Å²) in [4.78, 5) is 2.29. The van der Waals surface area contributed by atoms with Gasteiger partial charge in [0.25, 0.3) is 0 Å². The summed E-state index contributed by atoms with van der Waals surface area (Å²) in [6.45, 7) is 6.33. The van der Waals surface area contributed by atoms with E-state index in [1.165, 1.54) is 6.07 Å². The summed E-state index contributed by atoms with van der Waals surface area (Å²) in [5, 5.41) is 3.44. The molecule has 1 aromatic carbocycles. The quantitative estimate of drug-likeness (QED) is 0.758. The van der Waals surface area contributed by atoms with Gasteiger partial charge < -0.3 is 10.2 Å². The maximum absolute atomic E-state index is 12.4. The average molecular weight is 334 g/mol. The Balaban J connectivity index is 2.97. The molecule has 0 spiro atoms. The minimum Gasteiger partial charge on any atom is -0.316 e. The maximum Gasteiger partial charge on any atom is 0.240 e. The number of benzene rings is 1. The van der Waals surface area contributed by atoms with Crippen LogP contribution in [0.15, 0.2) is 17.0 Å². The molecule has 21 heavy (non-hydrogen) atoms. The van der Waals surface area contributed by atoms with Gasteiger partial charge in [-0.05, 0) is 50.8 Å². The highest BCUT2D eigenvalue weighted by molar-refractivity contribution is 7.89. The lowest BCUT2D eigenvalue weighted by molar-refractivity contribution is 0.358. The van der Waals surface area contributed by atoms with E-state index in [1.807, 2.05) is 25.9 Å². The number of halogens is 1. The highest BCUT2D eigenvalue weighted by atomic mass is 35.5. The van der Waals surface area contributed by atoms with Crippen molar-refractivity contribution >= 4 is 21.6 Å². The molecule has 0 fully saturated rings. The van der Waals surface area contributed by atoms with Crippen molar-refractivity contribution in [1.29, 1.82) is 0 Å². The van der Waals surface area contributed by atoms with Gasteiger partial charge in [0.15, 0.2) is 0 Å². The summed E-state index contributed by atoms with van der Waals surface area (Å²) in [6.07, 6.45) is 0. The van der Waals surface area contributed by atoms with Gasteiger partial charge in [0, 0.05) is 24.7 Å². The summed E-state index contributed by atoms with van der Waals surface area (Å²) in [6, 6.07) is 3.29. The first-order valence-corrected chi connectivity index (χ1v) is 8.79. The first-order chi connectivity index (χ1) is 9.81. The summed E-state index contributed by atoms with van der Waals surface area (Å²) < 4.78 is 27.5. The standard InChI is InChI=1S/C14H24ClN3O2S/c1-5-18(4)7-6-17-21(19,20)14-9-13(15)8-12(10-16-3)11(14)2/h8-9,16-17H,5-7,10H2,1-4H3. The van der Waals surface area contributed by atoms with Crippen LogP contribution in [0.5, 0.6) is 0 Å². The lowest BCUT2D eigenvalue weighted by Crippen LogP contribution is -2.33. The van der Waals surface area contributed by atoms with Gasteiger partial charge in [-0.3, -0.25) is 0 Å². The molecule has 2 N–H and O–H groups in total. The molecule has 1 rings (SSSR count). The van der Waals surface area contributed by atoms with Gasteiger partial charge in [-0.25, -0.2) is 13.1 Å². The molecular weight excluding hydrogens is 310 g/mol. The lowest BCUT2D eigenvalue weighted by atomic mass is 10.1. The van der Waals surface area contributed by atoms with Crippen molar-refractivity contribution in [1.82, 2.24) is 14.9 Å². The van der Waals surface area contributed by atoms with Crippen LogP contribution in [0.3, 0.4) is 0 Å². The van der Waals surface area contributed by atoms with Crippen molar-refractivity contribution in [2.45, 2.75) is 25.3 Å². The fraction of sp³-hybridized carbons (Fsp3) is 0.571. The number of nitrogens with zero attached hydrogens (tertiary/aromatic N) is 1. The number of hydrogen-bond donors (Lipinski definition) is 2. The SMILES string of the molecule is CCN(C)CCNS(=O)(=O)c1cc(Cl)cc(CNC)c1C. The van der Waals surface area contributed by atoms with E-state index in [2.05, 4.69) is 10.0 Å². The van der Waals surface area contributed by atoms with Crippen molar-refractivity contribution in [3.8, 4) is 0 Å². The van der Waals surface area contributed by atoms with Gasteiger partial charge in [-0.15, -0.1) is 0 Å². The largest absolute Gasteiger partial charge is 0.316 e. The zero-order chi connectivity index (χ0) is 16.0. The van der Waals surface area contributed by atoms with Crippen LogP contribution in [0.2, 0.25) is 5.02 Å². The fourth-order valence-corrected chi connectivity index (χ4v) is 3.61. The third-order valence-electron chi connectivity index (χ3n) is 3.41. The molecule has 0 saturated heterocycles. The van der Waals surface area contributed by atoms with Crippen molar-refractivity contribution in [3.63, 3.8) is 0 Å². The second-order valence-electron chi connectivity index (χ2n) is 5.01. The van der Waals surface area contributed by atoms with Crippen LogP contribution in [0, 0.1) is 6.92 Å². The molecule has 5 nitrogen and oxygen atoms in total. The van der Waals surface area contributed by atoms with Crippen molar-refractivity contribution in [2.75, 3.05) is 33.7 Å². The molecule has 0 aliphatic carbocycles. The molecule has 0 heterocycles. The molecule has 0 aliphatic rings. The van der Waals surface area contributed by atoms with E-state index in [0.29, 0.717) is 24.7 Å². The van der Waals surface area contributed by atoms with E-state index in [9.17, 15) is 8.42 Å². The third kappa shape index (κ3) is 5.23. The van der Waals surface area contributed by atoms with Crippen LogP contribution in [0.4, 0.5) is 0 Å². The highest BCUT2D eigenvalue weighted by Crippen LogP contribution is 2.24. The van der Waals surface area contributed by atoms with Crippen LogP contribution in [0.1, 0.15) is 18.1 Å². The van der Waals surface area contributed by atoms with Crippen LogP contribution in [-0.2, 0) is 16.6 Å². The van der Waals surface area contributed by atoms with Gasteiger partial charge in [0.2, 0.25) is 10.0 Å². The number of rotatable bonds is 8. The highest BCUT2D eigenvalue weighted by Gasteiger charge is 2.19. The fourth-order valence-electron chi connectivity index (χ4n) is 1.97. The molecule has 0 aliphatic heterocycles. The molecular formula is C14H24ClN3O2S. The Morgan fingerprint density at radius 2 is 2.00 bits per heavy atom. The summed E-state index contributed by atoms with van der Waals surface area (Å²) in [7, 11) is 0.214. The Bertz CT molecular complexity index is 576. The van der Waals surface area contributed by atoms with Gasteiger partial charge in [0.1, 0.15) is 0 Å². The van der Waals surface area contributed by atoms with E-state index in [1.54, 1.807) is 13.0 Å². The van der Waals surface area contributed by atoms with E-state index in [4.69, 9.17) is 11.6 Å². The topological polar surface area (TPSA) is 61.4 Å². The lowest BCUT2D eigenvalue weighted by Gasteiger charge is -2.16. The van der Waals surface area contributed by atoms with Crippen molar-refractivity contribution in [2.24, 2.45) is 0 Å². The van der Waals surface area contributed by atoms with Crippen LogP contribution < -0.4 is 10.0 Å². The molecule has 120 valence electrons. The Morgan fingerprint density at radius 3 is 2.57 bits per heavy atom. The Morgan fingerprint density at radius 1 is 1.33 bits per heavy atom. The van der Waals surface area contributed by atoms with Crippen LogP contribution in [0.25, 0.3) is 0 Å². The number of sulfonamides is 1. The van der Waals surface area contributed by atoms with Crippen molar-refractivity contribution < 1.29 is 8.42 Å². The van der Waals surface area contributed by atoms with Crippen LogP contribution >= 0.6 is 11.6 Å². The minimum atomic E-state index is -3.55. The molecule has 1 aromatic rings.